The van der Waals surface area contributed by atoms with E-state index >= 15 is 0 Å². The molecule has 0 amide bonds. The molecule has 1 unspecified atom stereocenters. The van der Waals surface area contributed by atoms with Crippen LogP contribution < -0.4 is 4.74 Å². The summed E-state index contributed by atoms with van der Waals surface area (Å²) >= 11 is 0. The lowest BCUT2D eigenvalue weighted by atomic mass is 9.93. The lowest BCUT2D eigenvalue weighted by Crippen LogP contribution is -2.20. The van der Waals surface area contributed by atoms with Gasteiger partial charge in [-0.3, -0.25) is 4.79 Å². The van der Waals surface area contributed by atoms with Crippen molar-refractivity contribution in [3.05, 3.63) is 77.9 Å². The van der Waals surface area contributed by atoms with Gasteiger partial charge in [0.05, 0.1) is 12.0 Å². The van der Waals surface area contributed by atoms with E-state index < -0.39 is 6.10 Å². The SMILES string of the molecule is C=CC(=C)Cc1cc2c(cc1O)OC(c1ccc(O)cc1)CC2=O. The van der Waals surface area contributed by atoms with Crippen molar-refractivity contribution < 1.29 is 19.7 Å². The molecule has 1 aliphatic heterocycles. The first-order valence-electron chi connectivity index (χ1n) is 7.63. The highest BCUT2D eigenvalue weighted by Gasteiger charge is 2.29. The fraction of sp³-hybridized carbons (Fsp3) is 0.150. The number of allylic oxidation sites excluding steroid dienone is 2. The molecule has 0 saturated carbocycles. The van der Waals surface area contributed by atoms with Gasteiger partial charge < -0.3 is 14.9 Å². The number of carbonyl (C=O) groups is 1. The van der Waals surface area contributed by atoms with Crippen molar-refractivity contribution in [3.63, 3.8) is 0 Å². The lowest BCUT2D eigenvalue weighted by Gasteiger charge is -2.26. The number of ketones is 1. The highest BCUT2D eigenvalue weighted by Crippen LogP contribution is 2.39. The van der Waals surface area contributed by atoms with E-state index in [9.17, 15) is 15.0 Å². The van der Waals surface area contributed by atoms with Gasteiger partial charge in [0.2, 0.25) is 0 Å². The van der Waals surface area contributed by atoms with Gasteiger partial charge in [0.1, 0.15) is 23.4 Å². The van der Waals surface area contributed by atoms with Crippen LogP contribution in [0.4, 0.5) is 0 Å². The van der Waals surface area contributed by atoms with E-state index in [-0.39, 0.29) is 23.7 Å². The summed E-state index contributed by atoms with van der Waals surface area (Å²) in [5, 5.41) is 19.6. The molecule has 1 heterocycles. The Hall–Kier alpha value is -3.01. The minimum atomic E-state index is -0.431. The second-order valence-corrected chi connectivity index (χ2v) is 5.84. The molecule has 2 aromatic carbocycles. The van der Waals surface area contributed by atoms with Crippen molar-refractivity contribution in [2.75, 3.05) is 0 Å². The van der Waals surface area contributed by atoms with Gasteiger partial charge in [0.25, 0.3) is 0 Å². The molecule has 122 valence electrons. The molecular weight excluding hydrogens is 304 g/mol. The monoisotopic (exact) mass is 322 g/mol. The van der Waals surface area contributed by atoms with Crippen LogP contribution in [-0.4, -0.2) is 16.0 Å². The zero-order valence-electron chi connectivity index (χ0n) is 13.2. The Balaban J connectivity index is 1.92. The first kappa shape index (κ1) is 15.9. The molecule has 0 saturated heterocycles. The highest BCUT2D eigenvalue weighted by molar-refractivity contribution is 6.00. The topological polar surface area (TPSA) is 66.8 Å². The number of Topliss-reactive ketones (excluding diaryl/α,β-unsaturated/α-hetero) is 1. The van der Waals surface area contributed by atoms with Crippen LogP contribution in [0.25, 0.3) is 0 Å². The van der Waals surface area contributed by atoms with E-state index in [0.29, 0.717) is 23.3 Å². The van der Waals surface area contributed by atoms with Crippen molar-refractivity contribution in [1.29, 1.82) is 0 Å². The third-order valence-corrected chi connectivity index (χ3v) is 4.09. The molecule has 0 aromatic heterocycles. The van der Waals surface area contributed by atoms with Gasteiger partial charge in [-0.05, 0) is 29.3 Å². The number of hydrogen-bond acceptors (Lipinski definition) is 4. The Morgan fingerprint density at radius 2 is 1.96 bits per heavy atom. The molecular formula is C20H18O4. The predicted octanol–water partition coefficient (Wildman–Crippen LogP) is 4.09. The molecule has 4 nitrogen and oxygen atoms in total. The maximum Gasteiger partial charge on any atom is 0.170 e. The van der Waals surface area contributed by atoms with Crippen LogP contribution in [0, 0.1) is 0 Å². The van der Waals surface area contributed by atoms with Gasteiger partial charge in [0, 0.05) is 12.5 Å². The summed E-state index contributed by atoms with van der Waals surface area (Å²) in [6.07, 6.45) is 1.83. The summed E-state index contributed by atoms with van der Waals surface area (Å²) in [7, 11) is 0. The zero-order chi connectivity index (χ0) is 17.3. The van der Waals surface area contributed by atoms with Crippen LogP contribution in [0.5, 0.6) is 17.2 Å². The predicted molar refractivity (Wildman–Crippen MR) is 91.6 cm³/mol. The van der Waals surface area contributed by atoms with Gasteiger partial charge >= 0.3 is 0 Å². The third kappa shape index (κ3) is 3.04. The number of aromatic hydroxyl groups is 2. The third-order valence-electron chi connectivity index (χ3n) is 4.09. The van der Waals surface area contributed by atoms with E-state index in [0.717, 1.165) is 11.1 Å². The van der Waals surface area contributed by atoms with E-state index in [4.69, 9.17) is 4.74 Å². The summed E-state index contributed by atoms with van der Waals surface area (Å²) < 4.78 is 5.89. The molecule has 1 aliphatic rings. The number of hydrogen-bond donors (Lipinski definition) is 2. The Labute approximate surface area is 140 Å². The average Bonchev–Trinajstić information content (AvgIpc) is 2.56. The number of carbonyl (C=O) groups excluding carboxylic acids is 1. The number of fused-ring (bicyclic) bond motifs is 1. The molecule has 24 heavy (non-hydrogen) atoms. The maximum atomic E-state index is 12.5. The van der Waals surface area contributed by atoms with Crippen LogP contribution in [0.3, 0.4) is 0 Å². The molecule has 1 atom stereocenters. The molecule has 3 rings (SSSR count). The minimum Gasteiger partial charge on any atom is -0.508 e. The second kappa shape index (κ2) is 6.24. The summed E-state index contributed by atoms with van der Waals surface area (Å²) in [5.74, 6) is 0.552. The van der Waals surface area contributed by atoms with Gasteiger partial charge in [-0.1, -0.05) is 36.9 Å². The molecule has 0 spiro atoms. The Kier molecular flexibility index (Phi) is 4.13. The van der Waals surface area contributed by atoms with Gasteiger partial charge in [-0.2, -0.15) is 0 Å². The summed E-state index contributed by atoms with van der Waals surface area (Å²) in [6.45, 7) is 7.48. The number of rotatable bonds is 4. The van der Waals surface area contributed by atoms with E-state index in [1.54, 1.807) is 36.4 Å². The smallest absolute Gasteiger partial charge is 0.170 e. The Morgan fingerprint density at radius 3 is 2.62 bits per heavy atom. The van der Waals surface area contributed by atoms with Crippen LogP contribution in [0.2, 0.25) is 0 Å². The van der Waals surface area contributed by atoms with Crippen LogP contribution in [0.1, 0.15) is 34.0 Å². The zero-order valence-corrected chi connectivity index (χ0v) is 13.2. The standard InChI is InChI=1S/C20H18O4/c1-3-12(2)8-14-9-16-18(23)11-19(24-20(16)10-17(14)22)13-4-6-15(21)7-5-13/h3-7,9-10,19,21-22H,1-2,8,11H2. The van der Waals surface area contributed by atoms with Gasteiger partial charge in [-0.15, -0.1) is 0 Å². The van der Waals surface area contributed by atoms with Crippen LogP contribution >= 0.6 is 0 Å². The second-order valence-electron chi connectivity index (χ2n) is 5.84. The average molecular weight is 322 g/mol. The molecule has 0 aliphatic carbocycles. The number of phenols is 2. The largest absolute Gasteiger partial charge is 0.508 e. The fourth-order valence-corrected chi connectivity index (χ4v) is 2.74. The number of ether oxygens (including phenoxy) is 1. The van der Waals surface area contributed by atoms with Crippen molar-refractivity contribution in [1.82, 2.24) is 0 Å². The summed E-state index contributed by atoms with van der Waals surface area (Å²) in [4.78, 5) is 12.5. The van der Waals surface area contributed by atoms with Crippen molar-refractivity contribution in [3.8, 4) is 17.2 Å². The molecule has 2 N–H and O–H groups in total. The molecule has 0 bridgehead atoms. The molecule has 0 fully saturated rings. The highest BCUT2D eigenvalue weighted by atomic mass is 16.5. The van der Waals surface area contributed by atoms with E-state index in [1.165, 1.54) is 6.07 Å². The first-order valence-corrected chi connectivity index (χ1v) is 7.63. The summed E-state index contributed by atoms with van der Waals surface area (Å²) in [5.41, 5.74) is 2.65. The minimum absolute atomic E-state index is 0.0419. The normalized spacial score (nSPS) is 16.2. The van der Waals surface area contributed by atoms with E-state index in [1.807, 2.05) is 0 Å². The quantitative estimate of drug-likeness (QED) is 0.832. The molecule has 2 aromatic rings. The fourth-order valence-electron chi connectivity index (χ4n) is 2.74. The number of phenolic OH excluding ortho intramolecular Hbond substituents is 2. The van der Waals surface area contributed by atoms with Crippen LogP contribution in [0.15, 0.2) is 61.2 Å². The van der Waals surface area contributed by atoms with Gasteiger partial charge in [-0.25, -0.2) is 0 Å². The number of benzene rings is 2. The first-order chi connectivity index (χ1) is 11.5. The summed E-state index contributed by atoms with van der Waals surface area (Å²) in [6, 6.07) is 9.70. The van der Waals surface area contributed by atoms with E-state index in [2.05, 4.69) is 13.2 Å². The molecule has 4 heteroatoms. The van der Waals surface area contributed by atoms with Crippen LogP contribution in [-0.2, 0) is 6.42 Å². The Morgan fingerprint density at radius 1 is 1.25 bits per heavy atom. The lowest BCUT2D eigenvalue weighted by molar-refractivity contribution is 0.0849. The van der Waals surface area contributed by atoms with Crippen molar-refractivity contribution in [2.45, 2.75) is 18.9 Å². The molecule has 0 radical (unpaired) electrons. The van der Waals surface area contributed by atoms with Crippen molar-refractivity contribution >= 4 is 5.78 Å². The Bertz CT molecular complexity index is 818. The van der Waals surface area contributed by atoms with Crippen molar-refractivity contribution in [2.24, 2.45) is 0 Å². The van der Waals surface area contributed by atoms with Gasteiger partial charge in [0.15, 0.2) is 5.78 Å². The maximum absolute atomic E-state index is 12.5.